The van der Waals surface area contributed by atoms with Crippen molar-refractivity contribution in [3.05, 3.63) is 37.0 Å². The average Bonchev–Trinajstić information content (AvgIpc) is 2.76. The second-order valence-corrected chi connectivity index (χ2v) is 3.42. The van der Waals surface area contributed by atoms with E-state index in [1.807, 2.05) is 6.08 Å². The highest BCUT2D eigenvalue weighted by Gasteiger charge is 2.26. The first kappa shape index (κ1) is 11.7. The normalized spacial score (nSPS) is 23.2. The summed E-state index contributed by atoms with van der Waals surface area (Å²) in [6.07, 6.45) is 8.02. The van der Waals surface area contributed by atoms with Gasteiger partial charge in [0.15, 0.2) is 0 Å². The van der Waals surface area contributed by atoms with Gasteiger partial charge in [-0.05, 0) is 18.4 Å². The Hall–Kier alpha value is -1.35. The van der Waals surface area contributed by atoms with Crippen molar-refractivity contribution in [3.63, 3.8) is 0 Å². The van der Waals surface area contributed by atoms with Gasteiger partial charge in [-0.3, -0.25) is 4.79 Å². The molecule has 1 aliphatic heterocycles. The maximum absolute atomic E-state index is 10.5. The lowest BCUT2D eigenvalue weighted by molar-refractivity contribution is -0.110. The smallest absolute Gasteiger partial charge is 0.207 e. The molecular weight excluding hydrogens is 190 g/mol. The second kappa shape index (κ2) is 6.19. The van der Waals surface area contributed by atoms with Crippen LogP contribution in [0.3, 0.4) is 0 Å². The van der Waals surface area contributed by atoms with E-state index < -0.39 is 0 Å². The van der Waals surface area contributed by atoms with Crippen LogP contribution in [0.4, 0.5) is 0 Å². The summed E-state index contributed by atoms with van der Waals surface area (Å²) in [6.45, 7) is 8.13. The standard InChI is InChI=1S/C12H17NO2/c1-3-6-10(4-2)12(13-9-14)11-7-5-8-15-11/h3-4,6,9,11-12H,1-2,5,7-8H2,(H,13,14)/b10-6+. The molecule has 1 heterocycles. The molecule has 0 spiro atoms. The fourth-order valence-corrected chi connectivity index (χ4v) is 1.79. The van der Waals surface area contributed by atoms with Gasteiger partial charge >= 0.3 is 0 Å². The van der Waals surface area contributed by atoms with Crippen LogP contribution in [0.5, 0.6) is 0 Å². The van der Waals surface area contributed by atoms with Crippen LogP contribution in [0.2, 0.25) is 0 Å². The number of hydrogen-bond acceptors (Lipinski definition) is 2. The molecule has 1 rings (SSSR count). The van der Waals surface area contributed by atoms with Crippen molar-refractivity contribution in [2.24, 2.45) is 0 Å². The molecule has 0 radical (unpaired) electrons. The van der Waals surface area contributed by atoms with Crippen LogP contribution in [-0.2, 0) is 9.53 Å². The van der Waals surface area contributed by atoms with Crippen molar-refractivity contribution >= 4 is 6.41 Å². The minimum Gasteiger partial charge on any atom is -0.376 e. The van der Waals surface area contributed by atoms with Crippen molar-refractivity contribution in [1.29, 1.82) is 0 Å². The highest BCUT2D eigenvalue weighted by molar-refractivity contribution is 5.49. The minimum absolute atomic E-state index is 0.0550. The third-order valence-electron chi connectivity index (χ3n) is 2.49. The Labute approximate surface area is 90.5 Å². The Morgan fingerprint density at radius 2 is 2.33 bits per heavy atom. The van der Waals surface area contributed by atoms with Gasteiger partial charge in [0, 0.05) is 6.61 Å². The van der Waals surface area contributed by atoms with Crippen LogP contribution in [0, 0.1) is 0 Å². The van der Waals surface area contributed by atoms with Gasteiger partial charge in [-0.2, -0.15) is 0 Å². The van der Waals surface area contributed by atoms with Crippen molar-refractivity contribution in [2.75, 3.05) is 6.61 Å². The molecule has 2 atom stereocenters. The summed E-state index contributed by atoms with van der Waals surface area (Å²) in [6, 6.07) is -0.111. The summed E-state index contributed by atoms with van der Waals surface area (Å²) < 4.78 is 5.55. The lowest BCUT2D eigenvalue weighted by atomic mass is 9.99. The predicted octanol–water partition coefficient (Wildman–Crippen LogP) is 1.58. The quantitative estimate of drug-likeness (QED) is 0.530. The van der Waals surface area contributed by atoms with Crippen molar-refractivity contribution < 1.29 is 9.53 Å². The van der Waals surface area contributed by atoms with Gasteiger partial charge in [0.2, 0.25) is 6.41 Å². The number of carbonyl (C=O) groups excluding carboxylic acids is 1. The van der Waals surface area contributed by atoms with Gasteiger partial charge in [-0.25, -0.2) is 0 Å². The second-order valence-electron chi connectivity index (χ2n) is 3.42. The topological polar surface area (TPSA) is 38.3 Å². The maximum atomic E-state index is 10.5. The van der Waals surface area contributed by atoms with Crippen molar-refractivity contribution in [1.82, 2.24) is 5.32 Å². The third kappa shape index (κ3) is 3.06. The molecule has 1 N–H and O–H groups in total. The number of allylic oxidation sites excluding steroid dienone is 2. The molecule has 0 aliphatic carbocycles. The molecule has 0 bridgehead atoms. The molecule has 82 valence electrons. The molecule has 2 unspecified atom stereocenters. The summed E-state index contributed by atoms with van der Waals surface area (Å²) in [5, 5.41) is 2.77. The fourth-order valence-electron chi connectivity index (χ4n) is 1.79. The Bertz CT molecular complexity index is 265. The molecule has 15 heavy (non-hydrogen) atoms. The van der Waals surface area contributed by atoms with E-state index in [2.05, 4.69) is 18.5 Å². The van der Waals surface area contributed by atoms with Crippen LogP contribution < -0.4 is 5.32 Å². The zero-order valence-electron chi connectivity index (χ0n) is 8.82. The van der Waals surface area contributed by atoms with Gasteiger partial charge in [0.25, 0.3) is 0 Å². The molecule has 1 saturated heterocycles. The van der Waals surface area contributed by atoms with Crippen LogP contribution >= 0.6 is 0 Å². The first-order valence-corrected chi connectivity index (χ1v) is 5.09. The number of nitrogens with one attached hydrogen (secondary N) is 1. The molecule has 3 nitrogen and oxygen atoms in total. The number of amides is 1. The van der Waals surface area contributed by atoms with Gasteiger partial charge in [0.05, 0.1) is 12.1 Å². The SMILES string of the molecule is C=C/C=C(\C=C)C(NC=O)C1CCCO1. The van der Waals surface area contributed by atoms with E-state index in [1.165, 1.54) is 0 Å². The summed E-state index contributed by atoms with van der Waals surface area (Å²) in [5.41, 5.74) is 0.934. The van der Waals surface area contributed by atoms with E-state index in [0.717, 1.165) is 25.0 Å². The minimum atomic E-state index is -0.111. The van der Waals surface area contributed by atoms with E-state index in [4.69, 9.17) is 4.74 Å². The Balaban J connectivity index is 2.78. The van der Waals surface area contributed by atoms with Crippen LogP contribution in [0.1, 0.15) is 12.8 Å². The number of ether oxygens (including phenoxy) is 1. The molecule has 1 fully saturated rings. The van der Waals surface area contributed by atoms with E-state index in [0.29, 0.717) is 6.41 Å². The molecule has 1 amide bonds. The molecule has 0 aromatic rings. The summed E-state index contributed by atoms with van der Waals surface area (Å²) in [4.78, 5) is 10.5. The lowest BCUT2D eigenvalue weighted by Crippen LogP contribution is -2.40. The summed E-state index contributed by atoms with van der Waals surface area (Å²) in [7, 11) is 0. The fraction of sp³-hybridized carbons (Fsp3) is 0.417. The number of rotatable bonds is 6. The summed E-state index contributed by atoms with van der Waals surface area (Å²) in [5.74, 6) is 0. The largest absolute Gasteiger partial charge is 0.376 e. The Kier molecular flexibility index (Phi) is 4.84. The molecule has 0 saturated carbocycles. The first-order chi connectivity index (χ1) is 7.33. The lowest BCUT2D eigenvalue weighted by Gasteiger charge is -2.23. The Morgan fingerprint density at radius 3 is 2.80 bits per heavy atom. The maximum Gasteiger partial charge on any atom is 0.207 e. The monoisotopic (exact) mass is 207 g/mol. The van der Waals surface area contributed by atoms with Crippen molar-refractivity contribution in [3.8, 4) is 0 Å². The highest BCUT2D eigenvalue weighted by atomic mass is 16.5. The molecule has 3 heteroatoms. The third-order valence-corrected chi connectivity index (χ3v) is 2.49. The van der Waals surface area contributed by atoms with Crippen LogP contribution in [0.15, 0.2) is 37.0 Å². The zero-order chi connectivity index (χ0) is 11.1. The average molecular weight is 207 g/mol. The molecule has 1 aliphatic rings. The highest BCUT2D eigenvalue weighted by Crippen LogP contribution is 2.20. The van der Waals surface area contributed by atoms with Gasteiger partial charge < -0.3 is 10.1 Å². The van der Waals surface area contributed by atoms with Crippen LogP contribution in [0.25, 0.3) is 0 Å². The van der Waals surface area contributed by atoms with Gasteiger partial charge in [0.1, 0.15) is 0 Å². The van der Waals surface area contributed by atoms with E-state index in [-0.39, 0.29) is 12.1 Å². The molecule has 0 aromatic heterocycles. The van der Waals surface area contributed by atoms with E-state index >= 15 is 0 Å². The molecular formula is C12H17NO2. The van der Waals surface area contributed by atoms with Gasteiger partial charge in [-0.1, -0.05) is 31.4 Å². The number of carbonyl (C=O) groups is 1. The first-order valence-electron chi connectivity index (χ1n) is 5.09. The van der Waals surface area contributed by atoms with Crippen molar-refractivity contribution in [2.45, 2.75) is 25.0 Å². The van der Waals surface area contributed by atoms with E-state index in [9.17, 15) is 4.79 Å². The van der Waals surface area contributed by atoms with E-state index in [1.54, 1.807) is 12.2 Å². The van der Waals surface area contributed by atoms with Gasteiger partial charge in [-0.15, -0.1) is 0 Å². The van der Waals surface area contributed by atoms with Crippen LogP contribution in [-0.4, -0.2) is 25.2 Å². The predicted molar refractivity (Wildman–Crippen MR) is 60.4 cm³/mol. The summed E-state index contributed by atoms with van der Waals surface area (Å²) >= 11 is 0. The molecule has 0 aromatic carbocycles. The Morgan fingerprint density at radius 1 is 1.53 bits per heavy atom. The zero-order valence-corrected chi connectivity index (χ0v) is 8.82. The number of hydrogen-bond donors (Lipinski definition) is 1.